The fraction of sp³-hybridized carbons (Fsp3) is 0.333. The molecule has 0 fully saturated rings. The van der Waals surface area contributed by atoms with Crippen molar-refractivity contribution in [3.63, 3.8) is 0 Å². The van der Waals surface area contributed by atoms with Crippen LogP contribution in [0.5, 0.6) is 0 Å². The maximum Gasteiger partial charge on any atom is 0.262 e. The van der Waals surface area contributed by atoms with Crippen LogP contribution in [0.4, 0.5) is 0 Å². The zero-order chi connectivity index (χ0) is 9.30. The average molecular weight is 165 g/mol. The van der Waals surface area contributed by atoms with Gasteiger partial charge in [0.2, 0.25) is 5.78 Å². The molecular formula is C9H11NO2. The van der Waals surface area contributed by atoms with Crippen molar-refractivity contribution in [3.8, 4) is 0 Å². The fourth-order valence-corrected chi connectivity index (χ4v) is 1.15. The lowest BCUT2D eigenvalue weighted by Crippen LogP contribution is -2.34. The van der Waals surface area contributed by atoms with Gasteiger partial charge in [0.1, 0.15) is 0 Å². The van der Waals surface area contributed by atoms with E-state index >= 15 is 0 Å². The minimum Gasteiger partial charge on any atom is -0.618 e. The zero-order valence-electron chi connectivity index (χ0n) is 7.42. The van der Waals surface area contributed by atoms with E-state index < -0.39 is 0 Å². The van der Waals surface area contributed by atoms with Crippen molar-refractivity contribution < 1.29 is 9.52 Å². The Bertz CT molecular complexity index is 332. The second kappa shape index (κ2) is 2.93. The first-order valence-corrected chi connectivity index (χ1v) is 3.74. The van der Waals surface area contributed by atoms with E-state index in [0.717, 1.165) is 11.1 Å². The Hall–Kier alpha value is -1.38. The summed E-state index contributed by atoms with van der Waals surface area (Å²) >= 11 is 0. The molecule has 12 heavy (non-hydrogen) atoms. The minimum atomic E-state index is -0.189. The molecule has 3 heteroatoms. The second-order valence-corrected chi connectivity index (χ2v) is 2.85. The molecule has 0 aliphatic carbocycles. The van der Waals surface area contributed by atoms with Crippen LogP contribution >= 0.6 is 0 Å². The average Bonchev–Trinajstić information content (AvgIpc) is 1.97. The molecule has 0 radical (unpaired) electrons. The summed E-state index contributed by atoms with van der Waals surface area (Å²) in [6, 6.07) is 1.70. The number of pyridine rings is 1. The minimum absolute atomic E-state index is 0.189. The lowest BCUT2D eigenvalue weighted by atomic mass is 10.1. The molecule has 0 saturated carbocycles. The number of carbonyl (C=O) groups excluding carboxylic acids is 1. The number of aromatic nitrogens is 1. The molecule has 1 rings (SSSR count). The number of nitrogens with zero attached hydrogens (tertiary/aromatic N) is 1. The molecule has 1 aromatic heterocycles. The van der Waals surface area contributed by atoms with Crippen molar-refractivity contribution in [3.05, 3.63) is 34.3 Å². The van der Waals surface area contributed by atoms with Gasteiger partial charge in [0, 0.05) is 18.6 Å². The number of hydrogen-bond donors (Lipinski definition) is 0. The molecule has 0 atom stereocenters. The van der Waals surface area contributed by atoms with Crippen LogP contribution in [0.1, 0.15) is 28.5 Å². The quantitative estimate of drug-likeness (QED) is 0.356. The summed E-state index contributed by atoms with van der Waals surface area (Å²) in [5.41, 5.74) is 1.97. The summed E-state index contributed by atoms with van der Waals surface area (Å²) in [6.07, 6.45) is 1.36. The predicted molar refractivity (Wildman–Crippen MR) is 44.9 cm³/mol. The van der Waals surface area contributed by atoms with E-state index in [1.54, 1.807) is 13.0 Å². The van der Waals surface area contributed by atoms with Gasteiger partial charge in [0.25, 0.3) is 5.69 Å². The van der Waals surface area contributed by atoms with Gasteiger partial charge >= 0.3 is 0 Å². The Morgan fingerprint density at radius 3 is 2.50 bits per heavy atom. The molecule has 0 saturated heterocycles. The van der Waals surface area contributed by atoms with E-state index in [1.165, 1.54) is 13.1 Å². The molecule has 1 heterocycles. The number of carbonyl (C=O) groups is 1. The van der Waals surface area contributed by atoms with Crippen LogP contribution in [0.3, 0.4) is 0 Å². The molecular weight excluding hydrogens is 154 g/mol. The number of ketones is 1. The summed E-state index contributed by atoms with van der Waals surface area (Å²) in [5.74, 6) is -0.189. The molecule has 3 nitrogen and oxygen atoms in total. The summed E-state index contributed by atoms with van der Waals surface area (Å²) in [7, 11) is 0. The van der Waals surface area contributed by atoms with Crippen molar-refractivity contribution in [1.29, 1.82) is 0 Å². The topological polar surface area (TPSA) is 44.0 Å². The molecule has 0 aliphatic rings. The normalized spacial score (nSPS) is 9.92. The lowest BCUT2D eigenvalue weighted by Gasteiger charge is -2.05. The Morgan fingerprint density at radius 2 is 2.08 bits per heavy atom. The molecule has 0 bridgehead atoms. The van der Waals surface area contributed by atoms with Crippen LogP contribution in [0.15, 0.2) is 12.3 Å². The van der Waals surface area contributed by atoms with Crippen LogP contribution in [-0.4, -0.2) is 5.78 Å². The standard InChI is InChI=1S/C9H11NO2/c1-6-4-5-10(12)9(7(6)2)8(3)11/h4-5H,1-3H3. The largest absolute Gasteiger partial charge is 0.618 e. The monoisotopic (exact) mass is 165 g/mol. The van der Waals surface area contributed by atoms with Gasteiger partial charge in [-0.15, -0.1) is 0 Å². The van der Waals surface area contributed by atoms with Gasteiger partial charge in [-0.05, 0) is 19.4 Å². The highest BCUT2D eigenvalue weighted by atomic mass is 16.5. The van der Waals surface area contributed by atoms with Crippen LogP contribution in [-0.2, 0) is 0 Å². The molecule has 0 spiro atoms. The van der Waals surface area contributed by atoms with Gasteiger partial charge in [0.05, 0.1) is 0 Å². The molecule has 0 aromatic carbocycles. The number of rotatable bonds is 1. The summed E-state index contributed by atoms with van der Waals surface area (Å²) in [6.45, 7) is 5.05. The highest BCUT2D eigenvalue weighted by molar-refractivity contribution is 5.92. The first-order chi connectivity index (χ1) is 5.54. The SMILES string of the molecule is CC(=O)c1c(C)c(C)cc[n+]1[O-]. The van der Waals surface area contributed by atoms with Gasteiger partial charge in [-0.3, -0.25) is 4.79 Å². The lowest BCUT2D eigenvalue weighted by molar-refractivity contribution is -0.608. The summed E-state index contributed by atoms with van der Waals surface area (Å²) in [5, 5.41) is 11.1. The molecule has 0 N–H and O–H groups in total. The Morgan fingerprint density at radius 1 is 1.50 bits per heavy atom. The fourth-order valence-electron chi connectivity index (χ4n) is 1.15. The number of Topliss-reactive ketones (excluding diaryl/α,β-unsaturated/α-hetero) is 1. The third-order valence-electron chi connectivity index (χ3n) is 1.96. The van der Waals surface area contributed by atoms with E-state index in [2.05, 4.69) is 0 Å². The van der Waals surface area contributed by atoms with Crippen molar-refractivity contribution in [2.24, 2.45) is 0 Å². The maximum absolute atomic E-state index is 11.1. The molecule has 0 amide bonds. The van der Waals surface area contributed by atoms with Gasteiger partial charge in [-0.2, -0.15) is 4.73 Å². The molecule has 0 aliphatic heterocycles. The first-order valence-electron chi connectivity index (χ1n) is 3.74. The van der Waals surface area contributed by atoms with Crippen LogP contribution in [0, 0.1) is 19.1 Å². The van der Waals surface area contributed by atoms with Crippen LogP contribution in [0.2, 0.25) is 0 Å². The summed E-state index contributed by atoms with van der Waals surface area (Å²) in [4.78, 5) is 11.0. The van der Waals surface area contributed by atoms with Crippen molar-refractivity contribution in [2.75, 3.05) is 0 Å². The smallest absolute Gasteiger partial charge is 0.262 e. The third-order valence-corrected chi connectivity index (χ3v) is 1.96. The van der Waals surface area contributed by atoms with Crippen molar-refractivity contribution in [1.82, 2.24) is 0 Å². The second-order valence-electron chi connectivity index (χ2n) is 2.85. The van der Waals surface area contributed by atoms with E-state index in [9.17, 15) is 10.0 Å². The van der Waals surface area contributed by atoms with Crippen LogP contribution < -0.4 is 4.73 Å². The Balaban J connectivity index is 3.43. The van der Waals surface area contributed by atoms with Gasteiger partial charge < -0.3 is 5.21 Å². The number of hydrogen-bond acceptors (Lipinski definition) is 2. The predicted octanol–water partition coefficient (Wildman–Crippen LogP) is 1.14. The third kappa shape index (κ3) is 1.30. The highest BCUT2D eigenvalue weighted by Crippen LogP contribution is 2.08. The van der Waals surface area contributed by atoms with Crippen molar-refractivity contribution in [2.45, 2.75) is 20.8 Å². The van der Waals surface area contributed by atoms with E-state index in [4.69, 9.17) is 0 Å². The van der Waals surface area contributed by atoms with Gasteiger partial charge in [-0.1, -0.05) is 0 Å². The Kier molecular flexibility index (Phi) is 2.13. The maximum atomic E-state index is 11.1. The number of aryl methyl sites for hydroxylation is 1. The van der Waals surface area contributed by atoms with E-state index in [-0.39, 0.29) is 11.5 Å². The summed E-state index contributed by atoms with van der Waals surface area (Å²) < 4.78 is 0.616. The van der Waals surface area contributed by atoms with Gasteiger partial charge in [0.15, 0.2) is 6.20 Å². The highest BCUT2D eigenvalue weighted by Gasteiger charge is 2.15. The van der Waals surface area contributed by atoms with Crippen molar-refractivity contribution >= 4 is 5.78 Å². The van der Waals surface area contributed by atoms with Gasteiger partial charge in [-0.25, -0.2) is 0 Å². The Labute approximate surface area is 71.2 Å². The van der Waals surface area contributed by atoms with E-state index in [0.29, 0.717) is 4.73 Å². The van der Waals surface area contributed by atoms with E-state index in [1.807, 2.05) is 6.92 Å². The zero-order valence-corrected chi connectivity index (χ0v) is 7.42. The first kappa shape index (κ1) is 8.71. The van der Waals surface area contributed by atoms with Crippen LogP contribution in [0.25, 0.3) is 0 Å². The molecule has 1 aromatic rings. The molecule has 64 valence electrons. The molecule has 0 unspecified atom stereocenters.